The molecule has 0 unspecified atom stereocenters. The summed E-state index contributed by atoms with van der Waals surface area (Å²) in [6.07, 6.45) is 2.62. The lowest BCUT2D eigenvalue weighted by atomic mass is 10.0. The summed E-state index contributed by atoms with van der Waals surface area (Å²) >= 11 is 0. The molecule has 2 aromatic heterocycles. The fraction of sp³-hybridized carbons (Fsp3) is 0.333. The number of carbonyl (C=O) groups excluding carboxylic acids is 1. The van der Waals surface area contributed by atoms with Crippen molar-refractivity contribution in [3.8, 4) is 5.75 Å². The van der Waals surface area contributed by atoms with E-state index in [2.05, 4.69) is 20.6 Å². The molecule has 25 heavy (non-hydrogen) atoms. The Morgan fingerprint density at radius 1 is 1.24 bits per heavy atom. The predicted octanol–water partition coefficient (Wildman–Crippen LogP) is 2.00. The highest BCUT2D eigenvalue weighted by Gasteiger charge is 2.12. The highest BCUT2D eigenvalue weighted by atomic mass is 16.5. The zero-order valence-corrected chi connectivity index (χ0v) is 14.6. The van der Waals surface area contributed by atoms with Gasteiger partial charge in [0.2, 0.25) is 5.91 Å². The van der Waals surface area contributed by atoms with E-state index in [1.807, 2.05) is 38.1 Å². The minimum atomic E-state index is 0.0101. The Morgan fingerprint density at radius 3 is 2.72 bits per heavy atom. The molecule has 0 atom stereocenters. The van der Waals surface area contributed by atoms with Crippen LogP contribution in [0.4, 0.5) is 0 Å². The van der Waals surface area contributed by atoms with Crippen molar-refractivity contribution in [1.29, 1.82) is 0 Å². The van der Waals surface area contributed by atoms with Gasteiger partial charge >= 0.3 is 0 Å². The molecule has 7 nitrogen and oxygen atoms in total. The zero-order valence-electron chi connectivity index (χ0n) is 14.6. The molecule has 3 rings (SSSR count). The molecule has 1 amide bonds. The van der Waals surface area contributed by atoms with Crippen molar-refractivity contribution in [3.05, 3.63) is 53.0 Å². The molecule has 0 spiro atoms. The van der Waals surface area contributed by atoms with E-state index in [0.717, 1.165) is 33.8 Å². The molecule has 130 valence electrons. The first kappa shape index (κ1) is 16.9. The molecule has 1 aromatic carbocycles. The fourth-order valence-electron chi connectivity index (χ4n) is 2.82. The summed E-state index contributed by atoms with van der Waals surface area (Å²) in [6, 6.07) is 7.65. The van der Waals surface area contributed by atoms with Crippen molar-refractivity contribution < 1.29 is 9.53 Å². The van der Waals surface area contributed by atoms with Crippen molar-refractivity contribution in [2.75, 3.05) is 7.11 Å². The van der Waals surface area contributed by atoms with E-state index in [0.29, 0.717) is 19.4 Å². The summed E-state index contributed by atoms with van der Waals surface area (Å²) < 4.78 is 6.79. The molecule has 0 bridgehead atoms. The van der Waals surface area contributed by atoms with Gasteiger partial charge in [0, 0.05) is 18.5 Å². The highest BCUT2D eigenvalue weighted by molar-refractivity contribution is 5.76. The van der Waals surface area contributed by atoms with Gasteiger partial charge in [0.1, 0.15) is 12.1 Å². The minimum Gasteiger partial charge on any atom is -0.497 e. The second-order valence-corrected chi connectivity index (χ2v) is 5.91. The van der Waals surface area contributed by atoms with Crippen molar-refractivity contribution in [2.24, 2.45) is 0 Å². The highest BCUT2D eigenvalue weighted by Crippen LogP contribution is 2.17. The lowest BCUT2D eigenvalue weighted by molar-refractivity contribution is -0.121. The van der Waals surface area contributed by atoms with Gasteiger partial charge in [-0.05, 0) is 43.5 Å². The SMILES string of the molecule is COc1ccc(CNC(=O)CCc2c(C)nn3cnnc3c2C)cc1. The number of amides is 1. The van der Waals surface area contributed by atoms with Gasteiger partial charge in [-0.15, -0.1) is 10.2 Å². The molecule has 2 heterocycles. The maximum atomic E-state index is 12.2. The van der Waals surface area contributed by atoms with Crippen LogP contribution < -0.4 is 10.1 Å². The lowest BCUT2D eigenvalue weighted by Gasteiger charge is -2.10. The molecule has 0 saturated carbocycles. The van der Waals surface area contributed by atoms with Crippen molar-refractivity contribution in [3.63, 3.8) is 0 Å². The number of nitrogens with zero attached hydrogens (tertiary/aromatic N) is 4. The fourth-order valence-corrected chi connectivity index (χ4v) is 2.82. The van der Waals surface area contributed by atoms with Crippen LogP contribution >= 0.6 is 0 Å². The van der Waals surface area contributed by atoms with Crippen molar-refractivity contribution in [1.82, 2.24) is 25.1 Å². The van der Waals surface area contributed by atoms with Crippen LogP contribution in [0.3, 0.4) is 0 Å². The number of hydrogen-bond donors (Lipinski definition) is 1. The monoisotopic (exact) mass is 339 g/mol. The van der Waals surface area contributed by atoms with Gasteiger partial charge in [-0.3, -0.25) is 4.79 Å². The summed E-state index contributed by atoms with van der Waals surface area (Å²) in [6.45, 7) is 4.43. The Hall–Kier alpha value is -2.96. The first-order chi connectivity index (χ1) is 12.1. The van der Waals surface area contributed by atoms with Gasteiger partial charge in [-0.1, -0.05) is 12.1 Å². The molecule has 7 heteroatoms. The van der Waals surface area contributed by atoms with E-state index in [1.165, 1.54) is 0 Å². The summed E-state index contributed by atoms with van der Waals surface area (Å²) in [5.41, 5.74) is 4.74. The molecular formula is C18H21N5O2. The standard InChI is InChI=1S/C18H21N5O2/c1-12-16(13(2)22-23-11-20-21-18(12)23)8-9-17(24)19-10-14-4-6-15(25-3)7-5-14/h4-7,11H,8-10H2,1-3H3,(H,19,24). The lowest BCUT2D eigenvalue weighted by Crippen LogP contribution is -2.23. The van der Waals surface area contributed by atoms with E-state index in [1.54, 1.807) is 18.0 Å². The van der Waals surface area contributed by atoms with Gasteiger partial charge in [0.25, 0.3) is 0 Å². The molecule has 0 radical (unpaired) electrons. The summed E-state index contributed by atoms with van der Waals surface area (Å²) in [4.78, 5) is 12.2. The van der Waals surface area contributed by atoms with Gasteiger partial charge in [-0.2, -0.15) is 5.10 Å². The molecule has 0 aliphatic carbocycles. The number of aromatic nitrogens is 4. The Morgan fingerprint density at radius 2 is 2.00 bits per heavy atom. The number of aryl methyl sites for hydroxylation is 2. The van der Waals surface area contributed by atoms with E-state index in [4.69, 9.17) is 4.74 Å². The number of benzene rings is 1. The van der Waals surface area contributed by atoms with Crippen LogP contribution in [0, 0.1) is 13.8 Å². The Bertz CT molecular complexity index is 886. The molecule has 0 aliphatic rings. The average molecular weight is 339 g/mol. The Kier molecular flexibility index (Phi) is 4.92. The van der Waals surface area contributed by atoms with Crippen LogP contribution in [-0.4, -0.2) is 32.8 Å². The number of carbonyl (C=O) groups is 1. The van der Waals surface area contributed by atoms with Gasteiger partial charge in [-0.25, -0.2) is 4.52 Å². The topological polar surface area (TPSA) is 81.4 Å². The maximum absolute atomic E-state index is 12.2. The van der Waals surface area contributed by atoms with E-state index in [9.17, 15) is 4.79 Å². The maximum Gasteiger partial charge on any atom is 0.220 e. The number of ether oxygens (including phenoxy) is 1. The first-order valence-electron chi connectivity index (χ1n) is 8.14. The first-order valence-corrected chi connectivity index (χ1v) is 8.14. The van der Waals surface area contributed by atoms with Crippen LogP contribution in [-0.2, 0) is 17.8 Å². The van der Waals surface area contributed by atoms with E-state index in [-0.39, 0.29) is 5.91 Å². The van der Waals surface area contributed by atoms with Crippen molar-refractivity contribution >= 4 is 11.6 Å². The normalized spacial score (nSPS) is 10.8. The molecule has 0 fully saturated rings. The smallest absolute Gasteiger partial charge is 0.220 e. The van der Waals surface area contributed by atoms with Crippen LogP contribution in [0.5, 0.6) is 5.75 Å². The van der Waals surface area contributed by atoms with Gasteiger partial charge in [0.15, 0.2) is 5.65 Å². The quantitative estimate of drug-likeness (QED) is 0.743. The Labute approximate surface area is 146 Å². The summed E-state index contributed by atoms with van der Waals surface area (Å²) in [5, 5.41) is 15.3. The third-order valence-electron chi connectivity index (χ3n) is 4.26. The third kappa shape index (κ3) is 3.76. The second kappa shape index (κ2) is 7.29. The molecule has 0 aliphatic heterocycles. The predicted molar refractivity (Wildman–Crippen MR) is 93.4 cm³/mol. The van der Waals surface area contributed by atoms with Gasteiger partial charge in [0.05, 0.1) is 12.8 Å². The van der Waals surface area contributed by atoms with Crippen molar-refractivity contribution in [2.45, 2.75) is 33.2 Å². The van der Waals surface area contributed by atoms with Crippen LogP contribution in [0.25, 0.3) is 5.65 Å². The van der Waals surface area contributed by atoms with Crippen LogP contribution in [0.2, 0.25) is 0 Å². The summed E-state index contributed by atoms with van der Waals surface area (Å²) in [7, 11) is 1.63. The number of nitrogens with one attached hydrogen (secondary N) is 1. The number of hydrogen-bond acceptors (Lipinski definition) is 5. The summed E-state index contributed by atoms with van der Waals surface area (Å²) in [5.74, 6) is 0.813. The minimum absolute atomic E-state index is 0.0101. The number of methoxy groups -OCH3 is 1. The van der Waals surface area contributed by atoms with E-state index < -0.39 is 0 Å². The second-order valence-electron chi connectivity index (χ2n) is 5.91. The largest absolute Gasteiger partial charge is 0.497 e. The molecular weight excluding hydrogens is 318 g/mol. The van der Waals surface area contributed by atoms with Crippen LogP contribution in [0.15, 0.2) is 30.6 Å². The Balaban J connectivity index is 1.58. The molecule has 0 saturated heterocycles. The molecule has 1 N–H and O–H groups in total. The number of fused-ring (bicyclic) bond motifs is 1. The average Bonchev–Trinajstić information content (AvgIpc) is 3.08. The van der Waals surface area contributed by atoms with E-state index >= 15 is 0 Å². The number of rotatable bonds is 6. The van der Waals surface area contributed by atoms with Crippen LogP contribution in [0.1, 0.15) is 28.8 Å². The van der Waals surface area contributed by atoms with Gasteiger partial charge < -0.3 is 10.1 Å². The third-order valence-corrected chi connectivity index (χ3v) is 4.26. The molecule has 3 aromatic rings. The zero-order chi connectivity index (χ0) is 17.8.